The van der Waals surface area contributed by atoms with Crippen LogP contribution in [-0.2, 0) is 16.1 Å². The van der Waals surface area contributed by atoms with E-state index in [9.17, 15) is 9.59 Å². The maximum Gasteiger partial charge on any atom is 0.261 e. The van der Waals surface area contributed by atoms with Crippen LogP contribution < -0.4 is 14.8 Å². The summed E-state index contributed by atoms with van der Waals surface area (Å²) in [5.41, 5.74) is 0.927. The first-order valence-corrected chi connectivity index (χ1v) is 12.4. The van der Waals surface area contributed by atoms with Gasteiger partial charge in [-0.05, 0) is 48.4 Å². The molecule has 1 fully saturated rings. The largest absolute Gasteiger partial charge is 0.497 e. The van der Waals surface area contributed by atoms with Gasteiger partial charge in [-0.1, -0.05) is 68.3 Å². The summed E-state index contributed by atoms with van der Waals surface area (Å²) >= 11 is 0. The van der Waals surface area contributed by atoms with E-state index in [0.29, 0.717) is 18.7 Å². The van der Waals surface area contributed by atoms with Gasteiger partial charge >= 0.3 is 0 Å². The molecule has 0 radical (unpaired) electrons. The zero-order chi connectivity index (χ0) is 24.6. The van der Waals surface area contributed by atoms with Crippen molar-refractivity contribution in [3.8, 4) is 11.5 Å². The second-order valence-electron chi connectivity index (χ2n) is 9.05. The average molecular weight is 475 g/mol. The summed E-state index contributed by atoms with van der Waals surface area (Å²) in [5, 5.41) is 5.18. The molecular weight excluding hydrogens is 440 g/mol. The minimum atomic E-state index is -0.568. The SMILES string of the molecule is CC[C@H](C(=O)NC1CCCC1)N(Cc1ccc(OC)cc1)C(=O)COc1cccc2ccccc12. The van der Waals surface area contributed by atoms with Crippen LogP contribution in [0.2, 0.25) is 0 Å². The van der Waals surface area contributed by atoms with E-state index < -0.39 is 6.04 Å². The molecule has 3 aromatic rings. The maximum atomic E-state index is 13.5. The van der Waals surface area contributed by atoms with Crippen molar-refractivity contribution in [1.82, 2.24) is 10.2 Å². The van der Waals surface area contributed by atoms with E-state index in [1.54, 1.807) is 12.0 Å². The molecule has 1 N–H and O–H groups in total. The molecule has 0 unspecified atom stereocenters. The highest BCUT2D eigenvalue weighted by atomic mass is 16.5. The number of carbonyl (C=O) groups is 2. The molecule has 184 valence electrons. The second-order valence-corrected chi connectivity index (χ2v) is 9.05. The Labute approximate surface area is 207 Å². The fourth-order valence-corrected chi connectivity index (χ4v) is 4.76. The molecule has 1 atom stereocenters. The first-order chi connectivity index (χ1) is 17.1. The number of amides is 2. The number of benzene rings is 3. The van der Waals surface area contributed by atoms with E-state index >= 15 is 0 Å². The predicted octanol–water partition coefficient (Wildman–Crippen LogP) is 5.09. The monoisotopic (exact) mass is 474 g/mol. The smallest absolute Gasteiger partial charge is 0.261 e. The third-order valence-corrected chi connectivity index (χ3v) is 6.70. The number of rotatable bonds is 10. The van der Waals surface area contributed by atoms with Crippen molar-refractivity contribution in [2.75, 3.05) is 13.7 Å². The summed E-state index contributed by atoms with van der Waals surface area (Å²) in [5.74, 6) is 1.09. The van der Waals surface area contributed by atoms with Gasteiger partial charge in [0, 0.05) is 18.0 Å². The topological polar surface area (TPSA) is 67.9 Å². The van der Waals surface area contributed by atoms with Gasteiger partial charge in [-0.2, -0.15) is 0 Å². The molecule has 3 aromatic carbocycles. The van der Waals surface area contributed by atoms with Gasteiger partial charge in [-0.25, -0.2) is 0 Å². The molecule has 0 aliphatic heterocycles. The Morgan fingerprint density at radius 3 is 2.43 bits per heavy atom. The Morgan fingerprint density at radius 1 is 1.00 bits per heavy atom. The molecule has 1 aliphatic rings. The lowest BCUT2D eigenvalue weighted by Gasteiger charge is -2.31. The molecule has 4 rings (SSSR count). The first-order valence-electron chi connectivity index (χ1n) is 12.4. The average Bonchev–Trinajstić information content (AvgIpc) is 3.40. The van der Waals surface area contributed by atoms with Gasteiger partial charge in [0.1, 0.15) is 17.5 Å². The number of methoxy groups -OCH3 is 1. The van der Waals surface area contributed by atoms with Crippen molar-refractivity contribution in [3.63, 3.8) is 0 Å². The number of fused-ring (bicyclic) bond motifs is 1. The number of hydrogen-bond acceptors (Lipinski definition) is 4. The summed E-state index contributed by atoms with van der Waals surface area (Å²) in [6.45, 7) is 2.12. The van der Waals surface area contributed by atoms with Gasteiger partial charge < -0.3 is 19.7 Å². The quantitative estimate of drug-likeness (QED) is 0.444. The van der Waals surface area contributed by atoms with Gasteiger partial charge in [0.25, 0.3) is 5.91 Å². The molecule has 0 bridgehead atoms. The van der Waals surface area contributed by atoms with Gasteiger partial charge in [0.15, 0.2) is 6.61 Å². The highest BCUT2D eigenvalue weighted by Crippen LogP contribution is 2.26. The molecule has 0 saturated heterocycles. The van der Waals surface area contributed by atoms with Crippen LogP contribution in [0.25, 0.3) is 10.8 Å². The highest BCUT2D eigenvalue weighted by Gasteiger charge is 2.31. The fourth-order valence-electron chi connectivity index (χ4n) is 4.76. The Morgan fingerprint density at radius 2 is 1.71 bits per heavy atom. The van der Waals surface area contributed by atoms with Gasteiger partial charge in [0.2, 0.25) is 5.91 Å². The minimum Gasteiger partial charge on any atom is -0.497 e. The zero-order valence-electron chi connectivity index (χ0n) is 20.5. The number of nitrogens with one attached hydrogen (secondary N) is 1. The molecule has 6 nitrogen and oxygen atoms in total. The van der Waals surface area contributed by atoms with E-state index in [2.05, 4.69) is 5.32 Å². The lowest BCUT2D eigenvalue weighted by Crippen LogP contribution is -2.52. The van der Waals surface area contributed by atoms with Crippen molar-refractivity contribution in [3.05, 3.63) is 72.3 Å². The van der Waals surface area contributed by atoms with Gasteiger partial charge in [-0.3, -0.25) is 9.59 Å². The summed E-state index contributed by atoms with van der Waals surface area (Å²) < 4.78 is 11.3. The van der Waals surface area contributed by atoms with Crippen molar-refractivity contribution < 1.29 is 19.1 Å². The van der Waals surface area contributed by atoms with Gasteiger partial charge in [-0.15, -0.1) is 0 Å². The summed E-state index contributed by atoms with van der Waals surface area (Å²) in [4.78, 5) is 28.4. The minimum absolute atomic E-state index is 0.0913. The van der Waals surface area contributed by atoms with Crippen LogP contribution in [0.15, 0.2) is 66.7 Å². The van der Waals surface area contributed by atoms with Crippen molar-refractivity contribution in [2.45, 2.75) is 57.7 Å². The Balaban J connectivity index is 1.53. The van der Waals surface area contributed by atoms with Gasteiger partial charge in [0.05, 0.1) is 7.11 Å². The third kappa shape index (κ3) is 6.13. The van der Waals surface area contributed by atoms with E-state index in [0.717, 1.165) is 47.8 Å². The Hall–Kier alpha value is -3.54. The molecule has 0 spiro atoms. The number of carbonyl (C=O) groups excluding carboxylic acids is 2. The normalized spacial score (nSPS) is 14.5. The number of hydrogen-bond donors (Lipinski definition) is 1. The van der Waals surface area contributed by atoms with Crippen molar-refractivity contribution in [1.29, 1.82) is 0 Å². The maximum absolute atomic E-state index is 13.5. The standard InChI is InChI=1S/C29H34N2O4/c1-3-26(29(33)30-23-11-5-6-12-23)31(19-21-15-17-24(34-2)18-16-21)28(32)20-35-27-14-8-10-22-9-4-7-13-25(22)27/h4,7-10,13-18,23,26H,3,5-6,11-12,19-20H2,1-2H3,(H,30,33)/t26-/m1/s1. The molecule has 0 heterocycles. The first kappa shape index (κ1) is 24.6. The summed E-state index contributed by atoms with van der Waals surface area (Å²) in [6.07, 6.45) is 4.79. The molecule has 1 saturated carbocycles. The summed E-state index contributed by atoms with van der Waals surface area (Å²) in [6, 6.07) is 20.9. The van der Waals surface area contributed by atoms with Crippen LogP contribution in [0.4, 0.5) is 0 Å². The van der Waals surface area contributed by atoms with Crippen molar-refractivity contribution >= 4 is 22.6 Å². The molecular formula is C29H34N2O4. The molecule has 0 aromatic heterocycles. The Bertz CT molecular complexity index is 1130. The lowest BCUT2D eigenvalue weighted by molar-refractivity contribution is -0.143. The van der Waals surface area contributed by atoms with Crippen LogP contribution in [0.5, 0.6) is 11.5 Å². The van der Waals surface area contributed by atoms with E-state index in [1.807, 2.05) is 73.7 Å². The molecule has 35 heavy (non-hydrogen) atoms. The van der Waals surface area contributed by atoms with E-state index in [1.165, 1.54) is 0 Å². The predicted molar refractivity (Wildman–Crippen MR) is 137 cm³/mol. The van der Waals surface area contributed by atoms with Crippen LogP contribution in [0, 0.1) is 0 Å². The number of nitrogens with zero attached hydrogens (tertiary/aromatic N) is 1. The third-order valence-electron chi connectivity index (χ3n) is 6.70. The summed E-state index contributed by atoms with van der Waals surface area (Å²) in [7, 11) is 1.62. The lowest BCUT2D eigenvalue weighted by atomic mass is 10.1. The molecule has 1 aliphatic carbocycles. The van der Waals surface area contributed by atoms with Crippen molar-refractivity contribution in [2.24, 2.45) is 0 Å². The van der Waals surface area contributed by atoms with Crippen LogP contribution in [0.3, 0.4) is 0 Å². The molecule has 6 heteroatoms. The van der Waals surface area contributed by atoms with E-state index in [4.69, 9.17) is 9.47 Å². The zero-order valence-corrected chi connectivity index (χ0v) is 20.5. The second kappa shape index (κ2) is 11.7. The van der Waals surface area contributed by atoms with Crippen LogP contribution in [0.1, 0.15) is 44.6 Å². The number of ether oxygens (including phenoxy) is 2. The van der Waals surface area contributed by atoms with E-state index in [-0.39, 0.29) is 24.5 Å². The molecule has 2 amide bonds. The highest BCUT2D eigenvalue weighted by molar-refractivity contribution is 5.90. The van der Waals surface area contributed by atoms with Crippen LogP contribution in [-0.4, -0.2) is 42.5 Å². The van der Waals surface area contributed by atoms with Crippen LogP contribution >= 0.6 is 0 Å². The fraction of sp³-hybridized carbons (Fsp3) is 0.379. The Kier molecular flexibility index (Phi) is 8.24.